The van der Waals surface area contributed by atoms with Gasteiger partial charge in [-0.2, -0.15) is 13.2 Å². The van der Waals surface area contributed by atoms with Crippen molar-refractivity contribution in [2.75, 3.05) is 0 Å². The summed E-state index contributed by atoms with van der Waals surface area (Å²) < 4.78 is 39.3. The molecular weight excluding hydrogens is 309 g/mol. The lowest BCUT2D eigenvalue weighted by molar-refractivity contribution is -0.137. The quantitative estimate of drug-likeness (QED) is 0.925. The van der Waals surface area contributed by atoms with Gasteiger partial charge in [0.05, 0.1) is 5.56 Å². The number of halogens is 3. The van der Waals surface area contributed by atoms with E-state index in [0.717, 1.165) is 42.7 Å². The van der Waals surface area contributed by atoms with E-state index in [9.17, 15) is 22.8 Å². The highest BCUT2D eigenvalue weighted by Gasteiger charge is 2.32. The maximum Gasteiger partial charge on any atom is 0.416 e. The summed E-state index contributed by atoms with van der Waals surface area (Å²) in [5.74, 6) is -0.332. The Bertz CT molecular complexity index is 631. The van der Waals surface area contributed by atoms with E-state index >= 15 is 0 Å². The molecule has 1 aromatic heterocycles. The van der Waals surface area contributed by atoms with E-state index in [2.05, 4.69) is 5.32 Å². The Morgan fingerprint density at radius 3 is 2.39 bits per heavy atom. The molecule has 1 heterocycles. The maximum atomic E-state index is 12.7. The highest BCUT2D eigenvalue weighted by molar-refractivity contribution is 5.80. The van der Waals surface area contributed by atoms with Gasteiger partial charge in [0.15, 0.2) is 0 Å². The summed E-state index contributed by atoms with van der Waals surface area (Å²) in [6.07, 6.45) is 0.492. The first kappa shape index (κ1) is 17.6. The summed E-state index contributed by atoms with van der Waals surface area (Å²) in [5.41, 5.74) is -1.68. The number of hydrogen-bond acceptors (Lipinski definition) is 2. The van der Waals surface area contributed by atoms with Crippen LogP contribution in [0.25, 0.3) is 0 Å². The largest absolute Gasteiger partial charge is 0.416 e. The van der Waals surface area contributed by atoms with Crippen LogP contribution in [0.1, 0.15) is 56.3 Å². The summed E-state index contributed by atoms with van der Waals surface area (Å²) >= 11 is 0. The highest BCUT2D eigenvalue weighted by Crippen LogP contribution is 2.29. The molecule has 0 saturated heterocycles. The van der Waals surface area contributed by atoms with Gasteiger partial charge in [-0.15, -0.1) is 0 Å². The molecule has 1 saturated carbocycles. The van der Waals surface area contributed by atoms with Crippen molar-refractivity contribution in [1.29, 1.82) is 0 Å². The van der Waals surface area contributed by atoms with Crippen LogP contribution in [-0.4, -0.2) is 16.5 Å². The van der Waals surface area contributed by atoms with Crippen LogP contribution < -0.4 is 10.9 Å². The van der Waals surface area contributed by atoms with Gasteiger partial charge in [0.2, 0.25) is 5.91 Å². The number of alkyl halides is 3. The Kier molecular flexibility index (Phi) is 5.16. The number of aryl methyl sites for hydroxylation is 1. The summed E-state index contributed by atoms with van der Waals surface area (Å²) in [7, 11) is 0. The monoisotopic (exact) mass is 330 g/mol. The lowest BCUT2D eigenvalue weighted by Crippen LogP contribution is -2.42. The predicted molar refractivity (Wildman–Crippen MR) is 80.2 cm³/mol. The number of aromatic nitrogens is 1. The minimum Gasteiger partial charge on any atom is -0.352 e. The van der Waals surface area contributed by atoms with Crippen molar-refractivity contribution in [3.05, 3.63) is 33.7 Å². The fraction of sp³-hybridized carbons (Fsp3) is 0.625. The third-order valence-electron chi connectivity index (χ3n) is 4.31. The Balaban J connectivity index is 2.20. The highest BCUT2D eigenvalue weighted by atomic mass is 19.4. The van der Waals surface area contributed by atoms with Gasteiger partial charge >= 0.3 is 6.18 Å². The number of carbonyl (C=O) groups is 1. The van der Waals surface area contributed by atoms with Gasteiger partial charge in [-0.3, -0.25) is 9.59 Å². The Hall–Kier alpha value is -1.79. The van der Waals surface area contributed by atoms with E-state index < -0.39 is 23.3 Å². The smallest absolute Gasteiger partial charge is 0.352 e. The zero-order chi connectivity index (χ0) is 17.2. The van der Waals surface area contributed by atoms with Gasteiger partial charge in [-0.05, 0) is 32.8 Å². The first-order valence-electron chi connectivity index (χ1n) is 7.81. The fourth-order valence-electron chi connectivity index (χ4n) is 3.06. The molecule has 0 bridgehead atoms. The third kappa shape index (κ3) is 4.14. The standard InChI is InChI=1S/C16H21F3N2O2/c1-10-8-12(16(17,18)19)9-14(22)21(10)11(2)15(23)20-13-6-4-3-5-7-13/h8-9,11,13H,3-7H2,1-2H3,(H,20,23)/t11-/m1/s1. The minimum atomic E-state index is -4.57. The molecule has 1 aromatic rings. The van der Waals surface area contributed by atoms with E-state index in [-0.39, 0.29) is 17.6 Å². The molecule has 0 aliphatic heterocycles. The van der Waals surface area contributed by atoms with E-state index in [0.29, 0.717) is 6.07 Å². The Labute approximate surface area is 132 Å². The van der Waals surface area contributed by atoms with Crippen molar-refractivity contribution in [3.63, 3.8) is 0 Å². The first-order chi connectivity index (χ1) is 10.7. The molecule has 1 aliphatic rings. The molecule has 0 aromatic carbocycles. The van der Waals surface area contributed by atoms with Gasteiger partial charge in [0, 0.05) is 17.8 Å². The number of nitrogens with one attached hydrogen (secondary N) is 1. The number of hydrogen-bond donors (Lipinski definition) is 1. The molecule has 7 heteroatoms. The van der Waals surface area contributed by atoms with Crippen LogP contribution in [0, 0.1) is 6.92 Å². The van der Waals surface area contributed by atoms with Crippen LogP contribution in [0.2, 0.25) is 0 Å². The van der Waals surface area contributed by atoms with Crippen LogP contribution in [0.15, 0.2) is 16.9 Å². The number of nitrogens with zero attached hydrogens (tertiary/aromatic N) is 1. The molecule has 4 nitrogen and oxygen atoms in total. The zero-order valence-electron chi connectivity index (χ0n) is 13.2. The van der Waals surface area contributed by atoms with Crippen molar-refractivity contribution in [1.82, 2.24) is 9.88 Å². The molecule has 23 heavy (non-hydrogen) atoms. The van der Waals surface area contributed by atoms with Crippen molar-refractivity contribution in [2.45, 2.75) is 64.2 Å². The second-order valence-electron chi connectivity index (χ2n) is 6.11. The van der Waals surface area contributed by atoms with Crippen LogP contribution in [0.5, 0.6) is 0 Å². The van der Waals surface area contributed by atoms with Crippen molar-refractivity contribution >= 4 is 5.91 Å². The van der Waals surface area contributed by atoms with E-state index in [1.165, 1.54) is 13.8 Å². The van der Waals surface area contributed by atoms with Crippen LogP contribution >= 0.6 is 0 Å². The second-order valence-corrected chi connectivity index (χ2v) is 6.11. The molecule has 2 rings (SSSR count). The Morgan fingerprint density at radius 2 is 1.87 bits per heavy atom. The van der Waals surface area contributed by atoms with Crippen molar-refractivity contribution < 1.29 is 18.0 Å². The molecule has 0 radical (unpaired) electrons. The second kappa shape index (κ2) is 6.76. The van der Waals surface area contributed by atoms with Crippen LogP contribution in [0.4, 0.5) is 13.2 Å². The normalized spacial score (nSPS) is 17.8. The zero-order valence-corrected chi connectivity index (χ0v) is 13.2. The molecule has 0 unspecified atom stereocenters. The lowest BCUT2D eigenvalue weighted by Gasteiger charge is -2.26. The summed E-state index contributed by atoms with van der Waals surface area (Å²) in [6.45, 7) is 2.93. The van der Waals surface area contributed by atoms with Gasteiger partial charge in [-0.1, -0.05) is 19.3 Å². The Morgan fingerprint density at radius 1 is 1.26 bits per heavy atom. The molecule has 1 aliphatic carbocycles. The molecule has 1 N–H and O–H groups in total. The fourth-order valence-corrected chi connectivity index (χ4v) is 3.06. The average Bonchev–Trinajstić information content (AvgIpc) is 2.46. The molecular formula is C16H21F3N2O2. The number of amides is 1. The summed E-state index contributed by atoms with van der Waals surface area (Å²) in [4.78, 5) is 24.3. The molecule has 1 fully saturated rings. The van der Waals surface area contributed by atoms with Gasteiger partial charge in [-0.25, -0.2) is 0 Å². The number of pyridine rings is 1. The number of carbonyl (C=O) groups excluding carboxylic acids is 1. The molecule has 128 valence electrons. The van der Waals surface area contributed by atoms with Gasteiger partial charge in [0.25, 0.3) is 5.56 Å². The first-order valence-corrected chi connectivity index (χ1v) is 7.81. The maximum absolute atomic E-state index is 12.7. The molecule has 1 amide bonds. The average molecular weight is 330 g/mol. The van der Waals surface area contributed by atoms with Crippen LogP contribution in [-0.2, 0) is 11.0 Å². The third-order valence-corrected chi connectivity index (χ3v) is 4.31. The summed E-state index contributed by atoms with van der Waals surface area (Å²) in [6, 6.07) is 0.680. The SMILES string of the molecule is Cc1cc(C(F)(F)F)cc(=O)n1[C@H](C)C(=O)NC1CCCCC1. The molecule has 0 spiro atoms. The predicted octanol–water partition coefficient (Wildman–Crippen LogP) is 3.19. The van der Waals surface area contributed by atoms with Gasteiger partial charge in [0.1, 0.15) is 6.04 Å². The van der Waals surface area contributed by atoms with Crippen molar-refractivity contribution in [3.8, 4) is 0 Å². The topological polar surface area (TPSA) is 51.1 Å². The van der Waals surface area contributed by atoms with Crippen LogP contribution in [0.3, 0.4) is 0 Å². The molecule has 1 atom stereocenters. The van der Waals surface area contributed by atoms with E-state index in [4.69, 9.17) is 0 Å². The summed E-state index contributed by atoms with van der Waals surface area (Å²) in [5, 5.41) is 2.90. The van der Waals surface area contributed by atoms with E-state index in [1.807, 2.05) is 0 Å². The number of rotatable bonds is 3. The van der Waals surface area contributed by atoms with Gasteiger partial charge < -0.3 is 9.88 Å². The van der Waals surface area contributed by atoms with Crippen molar-refractivity contribution in [2.24, 2.45) is 0 Å². The minimum absolute atomic E-state index is 0.0872. The van der Waals surface area contributed by atoms with E-state index in [1.54, 1.807) is 0 Å². The lowest BCUT2D eigenvalue weighted by atomic mass is 9.95.